The first-order valence-electron chi connectivity index (χ1n) is 8.99. The number of amides is 2. The number of rotatable bonds is 6. The Morgan fingerprint density at radius 3 is 2.41 bits per heavy atom. The summed E-state index contributed by atoms with van der Waals surface area (Å²) < 4.78 is 44.3. The number of hydrogen-bond donors (Lipinski definition) is 3. The zero-order valence-electron chi connectivity index (χ0n) is 16.1. The number of carbonyl (C=O) groups excluding carboxylic acids is 1. The molecule has 32 heavy (non-hydrogen) atoms. The quantitative estimate of drug-likeness (QED) is 0.442. The maximum atomic E-state index is 12.9. The molecule has 2 aromatic carbocycles. The molecular weight excluding hydrogens is 451 g/mol. The van der Waals surface area contributed by atoms with E-state index in [0.717, 1.165) is 12.1 Å². The molecule has 0 aliphatic heterocycles. The highest BCUT2D eigenvalue weighted by Gasteiger charge is 2.33. The van der Waals surface area contributed by atoms with Crippen LogP contribution in [-0.4, -0.2) is 22.1 Å². The zero-order chi connectivity index (χ0) is 23.3. The molecule has 0 atom stereocenters. The second kappa shape index (κ2) is 9.56. The number of aromatic carboxylic acids is 1. The topological polar surface area (TPSA) is 101 Å². The first-order chi connectivity index (χ1) is 15.1. The molecule has 166 valence electrons. The van der Waals surface area contributed by atoms with Gasteiger partial charge in [-0.15, -0.1) is 0 Å². The first kappa shape index (κ1) is 22.9. The molecule has 3 aromatic rings. The molecule has 0 spiro atoms. The van der Waals surface area contributed by atoms with Gasteiger partial charge in [-0.25, -0.2) is 14.6 Å². The van der Waals surface area contributed by atoms with Crippen molar-refractivity contribution in [1.82, 2.24) is 10.3 Å². The maximum absolute atomic E-state index is 12.9. The molecule has 11 heteroatoms. The van der Waals surface area contributed by atoms with Crippen LogP contribution in [0.15, 0.2) is 60.8 Å². The fourth-order valence-corrected chi connectivity index (χ4v) is 2.81. The van der Waals surface area contributed by atoms with E-state index < -0.39 is 28.8 Å². The number of carbonyl (C=O) groups is 2. The number of benzene rings is 2. The van der Waals surface area contributed by atoms with Crippen LogP contribution in [0.2, 0.25) is 5.02 Å². The van der Waals surface area contributed by atoms with Crippen LogP contribution in [0.3, 0.4) is 0 Å². The van der Waals surface area contributed by atoms with Crippen molar-refractivity contribution in [2.75, 3.05) is 5.32 Å². The van der Waals surface area contributed by atoms with Crippen molar-refractivity contribution >= 4 is 29.3 Å². The average Bonchev–Trinajstić information content (AvgIpc) is 2.74. The van der Waals surface area contributed by atoms with Gasteiger partial charge in [-0.3, -0.25) is 0 Å². The Hall–Kier alpha value is -3.79. The second-order valence-corrected chi connectivity index (χ2v) is 6.84. The largest absolute Gasteiger partial charge is 0.477 e. The van der Waals surface area contributed by atoms with E-state index in [1.54, 1.807) is 24.3 Å². The lowest BCUT2D eigenvalue weighted by atomic mass is 10.2. The van der Waals surface area contributed by atoms with Crippen LogP contribution < -0.4 is 15.4 Å². The molecule has 1 heterocycles. The van der Waals surface area contributed by atoms with Gasteiger partial charge in [0.1, 0.15) is 11.5 Å². The summed E-state index contributed by atoms with van der Waals surface area (Å²) in [7, 11) is 0. The number of anilines is 1. The highest BCUT2D eigenvalue weighted by Crippen LogP contribution is 2.36. The van der Waals surface area contributed by atoms with Crippen LogP contribution in [0, 0.1) is 0 Å². The minimum absolute atomic E-state index is 0.0546. The Bertz CT molecular complexity index is 1140. The van der Waals surface area contributed by atoms with Crippen molar-refractivity contribution in [3.63, 3.8) is 0 Å². The predicted octanol–water partition coefficient (Wildman–Crippen LogP) is 5.57. The van der Waals surface area contributed by atoms with Crippen molar-refractivity contribution < 1.29 is 32.6 Å². The summed E-state index contributed by atoms with van der Waals surface area (Å²) in [5.41, 5.74) is -0.559. The van der Waals surface area contributed by atoms with Crippen LogP contribution in [0.4, 0.5) is 23.7 Å². The molecule has 0 bridgehead atoms. The number of nitrogens with one attached hydrogen (secondary N) is 2. The Kier molecular flexibility index (Phi) is 6.84. The highest BCUT2D eigenvalue weighted by molar-refractivity contribution is 6.31. The Morgan fingerprint density at radius 1 is 1.03 bits per heavy atom. The van der Waals surface area contributed by atoms with Gasteiger partial charge in [-0.1, -0.05) is 23.7 Å². The number of alkyl halides is 3. The number of carboxylic acid groups (broad SMARTS) is 1. The van der Waals surface area contributed by atoms with Gasteiger partial charge in [0.15, 0.2) is 5.69 Å². The van der Waals surface area contributed by atoms with Crippen molar-refractivity contribution in [2.45, 2.75) is 12.7 Å². The number of halogens is 4. The monoisotopic (exact) mass is 465 g/mol. The molecule has 7 nitrogen and oxygen atoms in total. The molecule has 3 N–H and O–H groups in total. The van der Waals surface area contributed by atoms with Gasteiger partial charge < -0.3 is 20.5 Å². The van der Waals surface area contributed by atoms with E-state index in [4.69, 9.17) is 21.4 Å². The molecule has 0 aliphatic carbocycles. The average molecular weight is 466 g/mol. The predicted molar refractivity (Wildman–Crippen MR) is 110 cm³/mol. The van der Waals surface area contributed by atoms with Gasteiger partial charge in [0.2, 0.25) is 0 Å². The summed E-state index contributed by atoms with van der Waals surface area (Å²) in [6, 6.07) is 11.7. The van der Waals surface area contributed by atoms with E-state index in [0.29, 0.717) is 17.1 Å². The van der Waals surface area contributed by atoms with Crippen LogP contribution in [0.25, 0.3) is 0 Å². The number of aromatic nitrogens is 1. The van der Waals surface area contributed by atoms with E-state index in [1.165, 1.54) is 24.4 Å². The number of pyridine rings is 1. The van der Waals surface area contributed by atoms with Crippen LogP contribution >= 0.6 is 11.6 Å². The number of carboxylic acids is 1. The van der Waals surface area contributed by atoms with Gasteiger partial charge in [-0.05, 0) is 42.0 Å². The van der Waals surface area contributed by atoms with Crippen LogP contribution in [0.5, 0.6) is 11.5 Å². The molecule has 0 saturated heterocycles. The summed E-state index contributed by atoms with van der Waals surface area (Å²) in [6.45, 7) is 0.101. The van der Waals surface area contributed by atoms with Crippen LogP contribution in [0.1, 0.15) is 21.6 Å². The third-order valence-corrected chi connectivity index (χ3v) is 4.42. The zero-order valence-corrected chi connectivity index (χ0v) is 16.9. The maximum Gasteiger partial charge on any atom is 0.417 e. The van der Waals surface area contributed by atoms with E-state index >= 15 is 0 Å². The molecule has 0 radical (unpaired) electrons. The minimum Gasteiger partial charge on any atom is -0.477 e. The molecule has 0 fully saturated rings. The fraction of sp³-hybridized carbons (Fsp3) is 0.0952. The summed E-state index contributed by atoms with van der Waals surface area (Å²) in [5.74, 6) is -0.450. The van der Waals surface area contributed by atoms with Gasteiger partial charge >= 0.3 is 18.2 Å². The van der Waals surface area contributed by atoms with Gasteiger partial charge in [0.05, 0.1) is 10.6 Å². The van der Waals surface area contributed by atoms with Gasteiger partial charge in [0.25, 0.3) is 0 Å². The fourth-order valence-electron chi connectivity index (χ4n) is 2.58. The molecule has 0 unspecified atom stereocenters. The molecular formula is C21H15ClF3N3O4. The van der Waals surface area contributed by atoms with Crippen molar-refractivity contribution in [3.8, 4) is 11.5 Å². The third kappa shape index (κ3) is 6.11. The Balaban J connectivity index is 1.56. The molecule has 1 aromatic heterocycles. The second-order valence-electron chi connectivity index (χ2n) is 6.43. The smallest absolute Gasteiger partial charge is 0.417 e. The van der Waals surface area contributed by atoms with Gasteiger partial charge in [-0.2, -0.15) is 13.2 Å². The van der Waals surface area contributed by atoms with E-state index in [-0.39, 0.29) is 17.9 Å². The summed E-state index contributed by atoms with van der Waals surface area (Å²) in [6.07, 6.45) is -3.32. The molecule has 3 rings (SSSR count). The van der Waals surface area contributed by atoms with E-state index in [9.17, 15) is 22.8 Å². The van der Waals surface area contributed by atoms with Crippen molar-refractivity contribution in [3.05, 3.63) is 82.6 Å². The van der Waals surface area contributed by atoms with Crippen LogP contribution in [-0.2, 0) is 12.7 Å². The standard InChI is InChI=1S/C21H15ClF3N3O4/c22-17-6-3-13(9-16(17)21(23,24)25)28-20(31)27-11-12-1-4-14(5-2-12)32-15-7-8-26-18(10-15)19(29)30/h1-10H,11H2,(H,29,30)(H2,27,28,31). The lowest BCUT2D eigenvalue weighted by Gasteiger charge is -2.12. The Labute approximate surface area is 184 Å². The SMILES string of the molecule is O=C(NCc1ccc(Oc2ccnc(C(=O)O)c2)cc1)Nc1ccc(Cl)c(C(F)(F)F)c1. The first-order valence-corrected chi connectivity index (χ1v) is 9.37. The number of urea groups is 1. The number of nitrogens with zero attached hydrogens (tertiary/aromatic N) is 1. The lowest BCUT2D eigenvalue weighted by molar-refractivity contribution is -0.137. The summed E-state index contributed by atoms with van der Waals surface area (Å²) in [4.78, 5) is 26.7. The highest BCUT2D eigenvalue weighted by atomic mass is 35.5. The molecule has 2 amide bonds. The minimum atomic E-state index is -4.64. The molecule has 0 aliphatic rings. The van der Waals surface area contributed by atoms with Crippen molar-refractivity contribution in [1.29, 1.82) is 0 Å². The van der Waals surface area contributed by atoms with E-state index in [2.05, 4.69) is 15.6 Å². The van der Waals surface area contributed by atoms with E-state index in [1.807, 2.05) is 0 Å². The lowest BCUT2D eigenvalue weighted by Crippen LogP contribution is -2.28. The number of ether oxygens (including phenoxy) is 1. The summed E-state index contributed by atoms with van der Waals surface area (Å²) in [5, 5.41) is 13.3. The normalized spacial score (nSPS) is 11.0. The van der Waals surface area contributed by atoms with Gasteiger partial charge in [0, 0.05) is 24.5 Å². The molecule has 0 saturated carbocycles. The Morgan fingerprint density at radius 2 is 1.75 bits per heavy atom. The third-order valence-electron chi connectivity index (χ3n) is 4.09. The summed E-state index contributed by atoms with van der Waals surface area (Å²) >= 11 is 5.56. The number of hydrogen-bond acceptors (Lipinski definition) is 4. The van der Waals surface area contributed by atoms with Crippen molar-refractivity contribution in [2.24, 2.45) is 0 Å².